The van der Waals surface area contributed by atoms with E-state index in [0.717, 1.165) is 11.1 Å². The number of rotatable bonds is 10. The lowest BCUT2D eigenvalue weighted by Gasteiger charge is -2.11. The van der Waals surface area contributed by atoms with Crippen molar-refractivity contribution in [2.75, 3.05) is 13.7 Å². The van der Waals surface area contributed by atoms with Crippen molar-refractivity contribution in [3.8, 4) is 5.75 Å². The molecule has 0 fully saturated rings. The Bertz CT molecular complexity index is 622. The first-order valence-corrected chi connectivity index (χ1v) is 7.57. The third kappa shape index (κ3) is 6.12. The third-order valence-corrected chi connectivity index (χ3v) is 3.30. The number of carboxylic acids is 1. The first kappa shape index (κ1) is 19.2. The zero-order valence-corrected chi connectivity index (χ0v) is 13.8. The van der Waals surface area contributed by atoms with Gasteiger partial charge in [0, 0.05) is 18.3 Å². The number of allylic oxidation sites excluding steroid dienone is 1. The Morgan fingerprint density at radius 3 is 2.79 bits per heavy atom. The molecule has 0 aliphatic heterocycles. The van der Waals surface area contributed by atoms with Crippen molar-refractivity contribution in [2.45, 2.75) is 25.3 Å². The van der Waals surface area contributed by atoms with Crippen molar-refractivity contribution < 1.29 is 14.6 Å². The lowest BCUT2D eigenvalue weighted by atomic mass is 10.1. The molecule has 7 heteroatoms. The van der Waals surface area contributed by atoms with Crippen molar-refractivity contribution in [3.63, 3.8) is 0 Å². The van der Waals surface area contributed by atoms with Crippen LogP contribution in [0.15, 0.2) is 40.8 Å². The van der Waals surface area contributed by atoms with Crippen LogP contribution in [0.4, 0.5) is 0 Å². The van der Waals surface area contributed by atoms with E-state index in [0.29, 0.717) is 31.6 Å². The minimum Gasteiger partial charge on any atom is -0.496 e. The number of benzene rings is 1. The highest BCUT2D eigenvalue weighted by molar-refractivity contribution is 5.86. The molecule has 1 aromatic rings. The van der Waals surface area contributed by atoms with Crippen molar-refractivity contribution in [2.24, 2.45) is 21.5 Å². The van der Waals surface area contributed by atoms with Gasteiger partial charge in [-0.05, 0) is 30.9 Å². The molecule has 1 aromatic carbocycles. The smallest absolute Gasteiger partial charge is 0.328 e. The van der Waals surface area contributed by atoms with Gasteiger partial charge < -0.3 is 21.3 Å². The topological polar surface area (TPSA) is 123 Å². The molecule has 0 unspecified atom stereocenters. The third-order valence-electron chi connectivity index (χ3n) is 3.30. The lowest BCUT2D eigenvalue weighted by Crippen LogP contribution is -2.23. The molecule has 7 nitrogen and oxygen atoms in total. The average molecular weight is 332 g/mol. The monoisotopic (exact) mass is 332 g/mol. The Morgan fingerprint density at radius 2 is 2.21 bits per heavy atom. The van der Waals surface area contributed by atoms with Gasteiger partial charge in [0.2, 0.25) is 0 Å². The molecule has 0 aromatic heterocycles. The number of para-hydroxylation sites is 1. The first-order valence-electron chi connectivity index (χ1n) is 7.57. The summed E-state index contributed by atoms with van der Waals surface area (Å²) in [7, 11) is 1.57. The maximum atomic E-state index is 11.3. The fourth-order valence-electron chi connectivity index (χ4n) is 2.20. The number of methoxy groups -OCH3 is 1. The fraction of sp³-hybridized carbons (Fsp3) is 0.353. The molecule has 0 bridgehead atoms. The van der Waals surface area contributed by atoms with Crippen LogP contribution in [0.5, 0.6) is 5.75 Å². The van der Waals surface area contributed by atoms with Crippen LogP contribution in [0.3, 0.4) is 0 Å². The van der Waals surface area contributed by atoms with Gasteiger partial charge >= 0.3 is 5.97 Å². The number of nitrogens with zero attached hydrogens (tertiary/aromatic N) is 2. The molecule has 0 saturated heterocycles. The summed E-state index contributed by atoms with van der Waals surface area (Å²) in [5.74, 6) is -0.322. The maximum Gasteiger partial charge on any atom is 0.328 e. The summed E-state index contributed by atoms with van der Waals surface area (Å²) >= 11 is 0. The molecule has 5 N–H and O–H groups in total. The van der Waals surface area contributed by atoms with Gasteiger partial charge in [0.1, 0.15) is 11.8 Å². The van der Waals surface area contributed by atoms with E-state index in [1.807, 2.05) is 18.2 Å². The van der Waals surface area contributed by atoms with E-state index in [-0.39, 0.29) is 5.96 Å². The minimum atomic E-state index is -0.989. The van der Waals surface area contributed by atoms with Gasteiger partial charge in [0.25, 0.3) is 0 Å². The second kappa shape index (κ2) is 10.0. The van der Waals surface area contributed by atoms with E-state index in [1.54, 1.807) is 13.2 Å². The van der Waals surface area contributed by atoms with E-state index in [1.165, 1.54) is 6.21 Å². The molecule has 0 saturated carbocycles. The maximum absolute atomic E-state index is 11.3. The average Bonchev–Trinajstić information content (AvgIpc) is 2.54. The van der Waals surface area contributed by atoms with E-state index >= 15 is 0 Å². The Labute approximate surface area is 141 Å². The van der Waals surface area contributed by atoms with Crippen LogP contribution in [0.25, 0.3) is 0 Å². The largest absolute Gasteiger partial charge is 0.496 e. The molecule has 24 heavy (non-hydrogen) atoms. The predicted molar refractivity (Wildman–Crippen MR) is 95.8 cm³/mol. The Hall–Kier alpha value is -2.83. The van der Waals surface area contributed by atoms with Gasteiger partial charge in [-0.25, -0.2) is 4.79 Å². The standard InChI is InChI=1S/C17H24N4O3/c1-3-6-12-7-4-8-13(15(12)24-2)11-21-14(16(22)23)9-5-10-20-17(18)19/h3-4,7-8,11,14H,1,5-6,9-10H2,2H3,(H,22,23)(H4,18,19,20)/t14-/m0/s1. The number of carboxylic acid groups (broad SMARTS) is 1. The van der Waals surface area contributed by atoms with Crippen molar-refractivity contribution >= 4 is 18.1 Å². The van der Waals surface area contributed by atoms with Crippen LogP contribution in [-0.4, -0.2) is 42.9 Å². The molecule has 1 atom stereocenters. The number of hydrogen-bond acceptors (Lipinski definition) is 4. The van der Waals surface area contributed by atoms with Crippen LogP contribution < -0.4 is 16.2 Å². The Morgan fingerprint density at radius 1 is 1.46 bits per heavy atom. The summed E-state index contributed by atoms with van der Waals surface area (Å²) in [6.07, 6.45) is 4.84. The molecular weight excluding hydrogens is 308 g/mol. The minimum absolute atomic E-state index is 0.00542. The van der Waals surface area contributed by atoms with E-state index in [4.69, 9.17) is 16.2 Å². The molecule has 130 valence electrons. The van der Waals surface area contributed by atoms with Gasteiger partial charge in [0.05, 0.1) is 7.11 Å². The number of nitrogens with two attached hydrogens (primary N) is 2. The lowest BCUT2D eigenvalue weighted by molar-refractivity contribution is -0.138. The summed E-state index contributed by atoms with van der Waals surface area (Å²) in [5.41, 5.74) is 12.2. The second-order valence-corrected chi connectivity index (χ2v) is 5.11. The summed E-state index contributed by atoms with van der Waals surface area (Å²) in [4.78, 5) is 19.3. The molecule has 0 aliphatic rings. The van der Waals surface area contributed by atoms with Crippen molar-refractivity contribution in [3.05, 3.63) is 42.0 Å². The molecule has 0 spiro atoms. The normalized spacial score (nSPS) is 11.9. The van der Waals surface area contributed by atoms with E-state index in [9.17, 15) is 9.90 Å². The Kier molecular flexibility index (Phi) is 8.04. The number of aliphatic carboxylic acids is 1. The second-order valence-electron chi connectivity index (χ2n) is 5.11. The van der Waals surface area contributed by atoms with Gasteiger partial charge in [-0.3, -0.25) is 9.98 Å². The predicted octanol–water partition coefficient (Wildman–Crippen LogP) is 1.35. The number of ether oxygens (including phenoxy) is 1. The van der Waals surface area contributed by atoms with Crippen LogP contribution in [0.2, 0.25) is 0 Å². The van der Waals surface area contributed by atoms with Crippen LogP contribution in [0, 0.1) is 0 Å². The van der Waals surface area contributed by atoms with E-state index < -0.39 is 12.0 Å². The van der Waals surface area contributed by atoms with Gasteiger partial charge in [0.15, 0.2) is 5.96 Å². The molecule has 0 radical (unpaired) electrons. The number of carbonyl (C=O) groups is 1. The zero-order chi connectivity index (χ0) is 17.9. The molecule has 0 heterocycles. The van der Waals surface area contributed by atoms with Crippen LogP contribution in [0.1, 0.15) is 24.0 Å². The SMILES string of the molecule is C=CCc1cccc(C=N[C@@H](CCCN=C(N)N)C(=O)O)c1OC. The highest BCUT2D eigenvalue weighted by atomic mass is 16.5. The Balaban J connectivity index is 2.86. The highest BCUT2D eigenvalue weighted by Crippen LogP contribution is 2.23. The quantitative estimate of drug-likeness (QED) is 0.258. The molecule has 0 aliphatic carbocycles. The molecule has 0 amide bonds. The van der Waals surface area contributed by atoms with Gasteiger partial charge in [-0.1, -0.05) is 18.2 Å². The number of hydrogen-bond donors (Lipinski definition) is 3. The summed E-state index contributed by atoms with van der Waals surface area (Å²) in [6, 6.07) is 4.78. The van der Waals surface area contributed by atoms with Crippen molar-refractivity contribution in [1.29, 1.82) is 0 Å². The number of aliphatic imine (C=N–C) groups is 2. The van der Waals surface area contributed by atoms with Crippen LogP contribution in [-0.2, 0) is 11.2 Å². The molecule has 1 rings (SSSR count). The van der Waals surface area contributed by atoms with Crippen LogP contribution >= 0.6 is 0 Å². The zero-order valence-electron chi connectivity index (χ0n) is 13.8. The first-order chi connectivity index (χ1) is 11.5. The summed E-state index contributed by atoms with van der Waals surface area (Å²) < 4.78 is 5.41. The summed E-state index contributed by atoms with van der Waals surface area (Å²) in [5, 5.41) is 9.28. The van der Waals surface area contributed by atoms with Crippen molar-refractivity contribution in [1.82, 2.24) is 0 Å². The highest BCUT2D eigenvalue weighted by Gasteiger charge is 2.15. The molecular formula is C17H24N4O3. The van der Waals surface area contributed by atoms with Gasteiger partial charge in [-0.2, -0.15) is 0 Å². The fourth-order valence-corrected chi connectivity index (χ4v) is 2.20. The number of guanidine groups is 1. The summed E-state index contributed by atoms with van der Waals surface area (Å²) in [6.45, 7) is 4.09. The van der Waals surface area contributed by atoms with E-state index in [2.05, 4.69) is 16.6 Å². The van der Waals surface area contributed by atoms with Gasteiger partial charge in [-0.15, -0.1) is 6.58 Å².